The summed E-state index contributed by atoms with van der Waals surface area (Å²) in [7, 11) is 15.7. The van der Waals surface area contributed by atoms with Crippen LogP contribution in [-0.4, -0.2) is 106 Å². The molecule has 0 atom stereocenters. The Morgan fingerprint density at radius 2 is 1.09 bits per heavy atom. The minimum atomic E-state index is 0.210. The van der Waals surface area contributed by atoms with Crippen molar-refractivity contribution in [1.82, 2.24) is 14.7 Å². The average molecular weight is 796 g/mol. The molecule has 0 aliphatic carbocycles. The van der Waals surface area contributed by atoms with E-state index in [1.54, 1.807) is 0 Å². The largest absolute Gasteiger partial charge is 0.377 e. The van der Waals surface area contributed by atoms with Crippen molar-refractivity contribution in [2.24, 2.45) is 7.05 Å². The number of amides is 2. The maximum atomic E-state index is 12.7. The van der Waals surface area contributed by atoms with Gasteiger partial charge in [-0.25, -0.2) is 4.57 Å². The number of anilines is 2. The molecule has 2 aromatic carbocycles. The van der Waals surface area contributed by atoms with Crippen LogP contribution in [0.2, 0.25) is 0 Å². The molecule has 56 heavy (non-hydrogen) atoms. The fourth-order valence-electron chi connectivity index (χ4n) is 6.07. The van der Waals surface area contributed by atoms with E-state index in [0.29, 0.717) is 12.8 Å². The predicted octanol–water partition coefficient (Wildman–Crippen LogP) is 8.29. The topological polar surface area (TPSA) is 54.2 Å². The van der Waals surface area contributed by atoms with Gasteiger partial charge in [-0.1, -0.05) is 76.2 Å². The highest BCUT2D eigenvalue weighted by Gasteiger charge is 2.11. The van der Waals surface area contributed by atoms with Crippen molar-refractivity contribution in [1.29, 1.82) is 0 Å². The van der Waals surface area contributed by atoms with Gasteiger partial charge in [0.2, 0.25) is 11.8 Å². The lowest BCUT2D eigenvalue weighted by atomic mass is 10.1. The number of allylic oxidation sites excluding steroid dienone is 3. The minimum absolute atomic E-state index is 0.210. The molecule has 3 aromatic rings. The zero-order valence-electron chi connectivity index (χ0n) is 34.5. The van der Waals surface area contributed by atoms with Crippen molar-refractivity contribution in [3.8, 4) is 0 Å². The zero-order chi connectivity index (χ0) is 40.1. The van der Waals surface area contributed by atoms with Crippen LogP contribution in [0.1, 0.15) is 55.2 Å². The lowest BCUT2D eigenvalue weighted by Gasteiger charge is -2.22. The molecule has 1 aromatic heterocycles. The van der Waals surface area contributed by atoms with E-state index in [0.717, 1.165) is 69.9 Å². The summed E-state index contributed by atoms with van der Waals surface area (Å²) in [4.78, 5) is 35.8. The number of rotatable bonds is 23. The lowest BCUT2D eigenvalue weighted by molar-refractivity contribution is -0.671. The van der Waals surface area contributed by atoms with Crippen LogP contribution in [0, 0.1) is 0 Å². The van der Waals surface area contributed by atoms with Crippen LogP contribution in [0.15, 0.2) is 103 Å². The highest BCUT2D eigenvalue weighted by Crippen LogP contribution is 2.24. The number of carbonyl (C=O) groups excluding carboxylic acids is 2. The number of benzene rings is 2. The second-order valence-electron chi connectivity index (χ2n) is 14.6. The second kappa shape index (κ2) is 24.3. The van der Waals surface area contributed by atoms with E-state index in [4.69, 9.17) is 0 Å². The van der Waals surface area contributed by atoms with Crippen LogP contribution >= 0.6 is 21.6 Å². The van der Waals surface area contributed by atoms with Gasteiger partial charge in [-0.2, -0.15) is 0 Å². The molecule has 0 saturated heterocycles. The molecule has 2 heterocycles. The third-order valence-corrected chi connectivity index (χ3v) is 12.5. The van der Waals surface area contributed by atoms with Crippen molar-refractivity contribution < 1.29 is 14.2 Å². The van der Waals surface area contributed by atoms with Crippen molar-refractivity contribution in [2.75, 3.05) is 89.3 Å². The van der Waals surface area contributed by atoms with Gasteiger partial charge in [-0.15, -0.1) is 0 Å². The van der Waals surface area contributed by atoms with Crippen molar-refractivity contribution >= 4 is 63.0 Å². The van der Waals surface area contributed by atoms with Gasteiger partial charge in [-0.05, 0) is 84.5 Å². The Hall–Kier alpha value is -4.41. The van der Waals surface area contributed by atoms with E-state index in [9.17, 15) is 9.59 Å². The summed E-state index contributed by atoms with van der Waals surface area (Å²) >= 11 is 0. The normalized spacial score (nSPS) is 12.7. The van der Waals surface area contributed by atoms with Crippen LogP contribution in [-0.2, 0) is 16.6 Å². The first-order chi connectivity index (χ1) is 27.1. The van der Waals surface area contributed by atoms with Crippen molar-refractivity contribution in [2.45, 2.75) is 38.5 Å². The molecule has 8 nitrogen and oxygen atoms in total. The standard InChI is InChI=1S/C46H63N6O2S2/c1-47-33-25-41(26-34-47)15-13-39-17-21-43(22-18-39)49(3)29-9-31-51(5)45(53)11-7-37-55-56-38-8-12-46(54)52(6)32-10-30-50(4)44-23-19-40(20-24-44)14-16-42-27-35-48(2)36-28-42/h13-28,33-35H,7-12,29-32,36-38H2,1-6H3/q+1/b16-14+. The Bertz CT molecular complexity index is 1760. The van der Waals surface area contributed by atoms with E-state index in [1.807, 2.05) is 69.5 Å². The molecule has 10 heteroatoms. The summed E-state index contributed by atoms with van der Waals surface area (Å²) in [5.74, 6) is 2.30. The number of hydrogen-bond acceptors (Lipinski definition) is 7. The maximum absolute atomic E-state index is 12.7. The Kier molecular flexibility index (Phi) is 19.2. The van der Waals surface area contributed by atoms with Gasteiger partial charge in [0.1, 0.15) is 7.05 Å². The first kappa shape index (κ1) is 44.3. The molecule has 0 unspecified atom stereocenters. The maximum Gasteiger partial charge on any atom is 0.222 e. The number of pyridine rings is 1. The number of aromatic nitrogens is 1. The third kappa shape index (κ3) is 16.4. The van der Waals surface area contributed by atoms with Gasteiger partial charge < -0.3 is 24.5 Å². The molecule has 2 amide bonds. The van der Waals surface area contributed by atoms with Crippen molar-refractivity contribution in [3.63, 3.8) is 0 Å². The van der Waals surface area contributed by atoms with Gasteiger partial charge in [0.05, 0.1) is 0 Å². The highest BCUT2D eigenvalue weighted by atomic mass is 33.1. The second-order valence-corrected chi connectivity index (χ2v) is 17.3. The van der Waals surface area contributed by atoms with Gasteiger partial charge in [0, 0.05) is 116 Å². The van der Waals surface area contributed by atoms with E-state index in [1.165, 1.54) is 33.6 Å². The molecule has 0 N–H and O–H groups in total. The molecule has 0 bridgehead atoms. The molecule has 1 aliphatic rings. The summed E-state index contributed by atoms with van der Waals surface area (Å²) in [5.41, 5.74) is 7.12. The van der Waals surface area contributed by atoms with Crippen LogP contribution in [0.5, 0.6) is 0 Å². The first-order valence-electron chi connectivity index (χ1n) is 19.8. The van der Waals surface area contributed by atoms with Crippen LogP contribution in [0.4, 0.5) is 11.4 Å². The molecular weight excluding hydrogens is 733 g/mol. The summed E-state index contributed by atoms with van der Waals surface area (Å²) in [6.07, 6.45) is 23.9. The summed E-state index contributed by atoms with van der Waals surface area (Å²) in [5, 5.41) is 0. The Morgan fingerprint density at radius 1 is 0.643 bits per heavy atom. The fourth-order valence-corrected chi connectivity index (χ4v) is 8.24. The summed E-state index contributed by atoms with van der Waals surface area (Å²) in [6.45, 7) is 4.23. The SMILES string of the molecule is CN1C=CC(/C=C/c2ccc(N(C)CCCN(C)C(=O)CCCSSCCCC(=O)N(C)CCCN(C)c3ccc(/C=C/c4cc[n+](C)cc4)cc3)cc2)=CC1. The quantitative estimate of drug-likeness (QED) is 0.0544. The van der Waals surface area contributed by atoms with Crippen LogP contribution < -0.4 is 14.4 Å². The highest BCUT2D eigenvalue weighted by molar-refractivity contribution is 8.76. The number of hydrogen-bond donors (Lipinski definition) is 0. The third-order valence-electron chi connectivity index (χ3n) is 9.89. The van der Waals surface area contributed by atoms with Gasteiger partial charge in [0.15, 0.2) is 12.4 Å². The minimum Gasteiger partial charge on any atom is -0.377 e. The summed E-state index contributed by atoms with van der Waals surface area (Å²) < 4.78 is 2.03. The van der Waals surface area contributed by atoms with E-state index in [-0.39, 0.29) is 11.8 Å². The molecular formula is C46H63N6O2S2+. The Labute approximate surface area is 345 Å². The smallest absolute Gasteiger partial charge is 0.222 e. The number of aryl methyl sites for hydroxylation is 1. The molecule has 4 rings (SSSR count). The lowest BCUT2D eigenvalue weighted by Crippen LogP contribution is -2.30. The molecule has 0 fully saturated rings. The van der Waals surface area contributed by atoms with E-state index >= 15 is 0 Å². The predicted molar refractivity (Wildman–Crippen MR) is 243 cm³/mol. The van der Waals surface area contributed by atoms with Crippen LogP contribution in [0.3, 0.4) is 0 Å². The van der Waals surface area contributed by atoms with E-state index < -0.39 is 0 Å². The monoisotopic (exact) mass is 795 g/mol. The van der Waals surface area contributed by atoms with Crippen LogP contribution in [0.25, 0.3) is 18.2 Å². The average Bonchev–Trinajstić information content (AvgIpc) is 3.21. The van der Waals surface area contributed by atoms with Gasteiger partial charge in [0.25, 0.3) is 0 Å². The number of carbonyl (C=O) groups is 2. The van der Waals surface area contributed by atoms with Gasteiger partial charge in [-0.3, -0.25) is 9.59 Å². The number of likely N-dealkylation sites (N-methyl/N-ethyl adjacent to an activating group) is 1. The Morgan fingerprint density at radius 3 is 1.54 bits per heavy atom. The molecule has 300 valence electrons. The van der Waals surface area contributed by atoms with Gasteiger partial charge >= 0.3 is 0 Å². The zero-order valence-corrected chi connectivity index (χ0v) is 36.1. The molecule has 0 spiro atoms. The Balaban J connectivity index is 0.978. The molecule has 0 saturated carbocycles. The fraction of sp³-hybridized carbons (Fsp3) is 0.413. The van der Waals surface area contributed by atoms with Crippen molar-refractivity contribution in [3.05, 3.63) is 120 Å². The number of nitrogens with zero attached hydrogens (tertiary/aromatic N) is 6. The summed E-state index contributed by atoms with van der Waals surface area (Å²) in [6, 6.07) is 21.4. The van der Waals surface area contributed by atoms with E-state index in [2.05, 4.69) is 139 Å². The molecule has 1 aliphatic heterocycles. The molecule has 0 radical (unpaired) electrons. The first-order valence-corrected chi connectivity index (χ1v) is 22.3.